The zero-order valence-corrected chi connectivity index (χ0v) is 19.7. The van der Waals surface area contributed by atoms with Gasteiger partial charge in [0.1, 0.15) is 0 Å². The van der Waals surface area contributed by atoms with Crippen molar-refractivity contribution in [2.24, 2.45) is 0 Å². The minimum Gasteiger partial charge on any atom is -0.743 e. The summed E-state index contributed by atoms with van der Waals surface area (Å²) in [5.74, 6) is -32.6. The lowest BCUT2D eigenvalue weighted by Gasteiger charge is -2.39. The minimum absolute atomic E-state index is 0.0287. The molecule has 0 saturated carbocycles. The number of halogens is 14. The van der Waals surface area contributed by atoms with Crippen LogP contribution in [-0.4, -0.2) is 48.1 Å². The summed E-state index contributed by atoms with van der Waals surface area (Å²) < 4.78 is 192. The Morgan fingerprint density at radius 2 is 0.833 bits per heavy atom. The fourth-order valence-corrected chi connectivity index (χ4v) is 4.70. The minimum atomic E-state index is -8.29. The Bertz CT molecular complexity index is 1070. The van der Waals surface area contributed by atoms with Crippen LogP contribution < -0.4 is 21.2 Å². The van der Waals surface area contributed by atoms with Crippen LogP contribution in [0.5, 0.6) is 0 Å². The maximum absolute atomic E-state index is 12.7. The van der Waals surface area contributed by atoms with E-state index in [0.717, 1.165) is 0 Å². The summed E-state index contributed by atoms with van der Waals surface area (Å²) >= 11 is 0.0287. The molecule has 2 aromatic carbocycles. The molecule has 0 bridgehead atoms. The van der Waals surface area contributed by atoms with E-state index in [1.54, 1.807) is 0 Å². The van der Waals surface area contributed by atoms with Crippen LogP contribution in [0.2, 0.25) is 0 Å². The van der Waals surface area contributed by atoms with Gasteiger partial charge in [-0.05, 0) is 24.3 Å². The van der Waals surface area contributed by atoms with E-state index in [4.69, 9.17) is 0 Å². The third-order valence-electron chi connectivity index (χ3n) is 3.90. The Morgan fingerprint density at radius 3 is 1.11 bits per heavy atom. The summed E-state index contributed by atoms with van der Waals surface area (Å²) in [7, 11) is -7.86. The standard InChI is InChI=1S/C12H10I.C6HF13O3S/c1-3-7-11(8-4-1)13-12-9-5-2-6-10-12;7-1(8,3(11,12)5(15,16)17)2(9,10)4(13,14)6(18,19)23(20,21)22/h1-10H;(H,20,21,22)/q+1;/p-1. The Hall–Kier alpha value is -1.83. The molecule has 18 heteroatoms. The van der Waals surface area contributed by atoms with Crippen molar-refractivity contribution >= 4 is 10.1 Å². The molecule has 0 aromatic heterocycles. The van der Waals surface area contributed by atoms with Gasteiger partial charge < -0.3 is 4.55 Å². The van der Waals surface area contributed by atoms with Gasteiger partial charge in [0.2, 0.25) is 0 Å². The lowest BCUT2D eigenvalue weighted by atomic mass is 9.98. The topological polar surface area (TPSA) is 57.2 Å². The summed E-state index contributed by atoms with van der Waals surface area (Å²) in [6.07, 6.45) is -7.61. The summed E-state index contributed by atoms with van der Waals surface area (Å²) in [4.78, 5) is 0. The second-order valence-corrected chi connectivity index (χ2v) is 10.9. The van der Waals surface area contributed by atoms with E-state index >= 15 is 0 Å². The second-order valence-electron chi connectivity index (χ2n) is 6.45. The maximum atomic E-state index is 12.7. The zero-order chi connectivity index (χ0) is 28.4. The molecular weight excluding hydrogens is 670 g/mol. The van der Waals surface area contributed by atoms with Gasteiger partial charge in [0.15, 0.2) is 17.3 Å². The van der Waals surface area contributed by atoms with Crippen molar-refractivity contribution in [2.45, 2.75) is 35.1 Å². The lowest BCUT2D eigenvalue weighted by molar-refractivity contribution is -0.597. The van der Waals surface area contributed by atoms with Gasteiger partial charge in [0, 0.05) is 0 Å². The van der Waals surface area contributed by atoms with Crippen molar-refractivity contribution in [3.63, 3.8) is 0 Å². The van der Waals surface area contributed by atoms with E-state index in [1.807, 2.05) is 0 Å². The largest absolute Gasteiger partial charge is 0.743 e. The zero-order valence-electron chi connectivity index (χ0n) is 16.7. The Kier molecular flexibility index (Phi) is 9.39. The summed E-state index contributed by atoms with van der Waals surface area (Å²) in [6, 6.07) is 21.4. The van der Waals surface area contributed by atoms with E-state index in [9.17, 15) is 70.0 Å². The lowest BCUT2D eigenvalue weighted by Crippen LogP contribution is -3.61. The first-order valence-electron chi connectivity index (χ1n) is 8.61. The molecule has 0 saturated heterocycles. The van der Waals surface area contributed by atoms with Gasteiger partial charge in [0.25, 0.3) is 0 Å². The molecule has 0 N–H and O–H groups in total. The van der Waals surface area contributed by atoms with Crippen LogP contribution in [0.3, 0.4) is 0 Å². The summed E-state index contributed by atoms with van der Waals surface area (Å²) in [6.45, 7) is 0. The van der Waals surface area contributed by atoms with Crippen molar-refractivity contribution in [1.29, 1.82) is 0 Å². The molecule has 36 heavy (non-hydrogen) atoms. The number of hydrogen-bond donors (Lipinski definition) is 0. The van der Waals surface area contributed by atoms with E-state index < -0.39 is 45.2 Å². The van der Waals surface area contributed by atoms with Crippen LogP contribution in [0.25, 0.3) is 0 Å². The van der Waals surface area contributed by atoms with Gasteiger partial charge in [0.05, 0.1) is 0 Å². The van der Waals surface area contributed by atoms with E-state index in [-0.39, 0.29) is 21.2 Å². The van der Waals surface area contributed by atoms with Crippen LogP contribution in [0.4, 0.5) is 57.1 Å². The molecule has 204 valence electrons. The fourth-order valence-electron chi connectivity index (χ4n) is 1.99. The molecule has 0 amide bonds. The molecule has 0 unspecified atom stereocenters. The predicted octanol–water partition coefficient (Wildman–Crippen LogP) is 3.04. The molecular formula is C18H10F13IO3S. The van der Waals surface area contributed by atoms with Crippen molar-refractivity contribution in [1.82, 2.24) is 0 Å². The van der Waals surface area contributed by atoms with Crippen molar-refractivity contribution in [3.05, 3.63) is 67.8 Å². The normalized spacial score (nSPS) is 14.2. The van der Waals surface area contributed by atoms with Crippen LogP contribution >= 0.6 is 0 Å². The van der Waals surface area contributed by atoms with Crippen molar-refractivity contribution in [2.75, 3.05) is 0 Å². The molecule has 0 aliphatic heterocycles. The van der Waals surface area contributed by atoms with Gasteiger partial charge >= 0.3 is 56.3 Å². The van der Waals surface area contributed by atoms with Gasteiger partial charge in [-0.2, -0.15) is 57.1 Å². The first-order chi connectivity index (χ1) is 15.9. The SMILES string of the molecule is O=S(=O)([O-])C(F)(F)C(F)(F)C(F)(F)C(F)(F)C(F)(F)C(F)(F)F.c1ccc([I+]c2ccccc2)cc1. The molecule has 2 aromatic rings. The van der Waals surface area contributed by atoms with E-state index in [1.165, 1.54) is 7.14 Å². The van der Waals surface area contributed by atoms with Crippen molar-refractivity contribution in [3.8, 4) is 0 Å². The predicted molar refractivity (Wildman–Crippen MR) is 90.8 cm³/mol. The summed E-state index contributed by atoms with van der Waals surface area (Å²) in [5, 5.41) is -7.63. The smallest absolute Gasteiger partial charge is 0.460 e. The third-order valence-corrected chi connectivity index (χ3v) is 7.47. The third kappa shape index (κ3) is 6.00. The number of benzene rings is 2. The van der Waals surface area contributed by atoms with Gasteiger partial charge in [-0.1, -0.05) is 36.4 Å². The second kappa shape index (κ2) is 10.5. The fraction of sp³-hybridized carbons (Fsp3) is 0.333. The van der Waals surface area contributed by atoms with Crippen molar-refractivity contribution < 1.29 is 91.3 Å². The molecule has 3 nitrogen and oxygen atoms in total. The highest BCUT2D eigenvalue weighted by Crippen LogP contribution is 2.60. The first kappa shape index (κ1) is 32.2. The molecule has 0 aliphatic carbocycles. The average molecular weight is 680 g/mol. The van der Waals surface area contributed by atoms with Gasteiger partial charge in [-0.25, -0.2) is 8.42 Å². The monoisotopic (exact) mass is 680 g/mol. The molecule has 2 rings (SSSR count). The highest BCUT2D eigenvalue weighted by Gasteiger charge is 2.91. The molecule has 0 aliphatic rings. The first-order valence-corrected chi connectivity index (χ1v) is 12.2. The van der Waals surface area contributed by atoms with Gasteiger partial charge in [-0.15, -0.1) is 0 Å². The van der Waals surface area contributed by atoms with Crippen LogP contribution in [0, 0.1) is 7.14 Å². The number of alkyl halides is 13. The number of hydrogen-bond acceptors (Lipinski definition) is 3. The molecule has 0 heterocycles. The summed E-state index contributed by atoms with van der Waals surface area (Å²) in [5.41, 5.74) is 0. The molecule has 0 fully saturated rings. The van der Waals surface area contributed by atoms with Crippen LogP contribution in [-0.2, 0) is 10.1 Å². The average Bonchev–Trinajstić information content (AvgIpc) is 2.73. The molecule has 0 spiro atoms. The highest BCUT2D eigenvalue weighted by molar-refractivity contribution is 7.86. The molecule has 0 radical (unpaired) electrons. The Morgan fingerprint density at radius 1 is 0.528 bits per heavy atom. The maximum Gasteiger partial charge on any atom is 0.460 e. The van der Waals surface area contributed by atoms with Crippen LogP contribution in [0.15, 0.2) is 60.7 Å². The van der Waals surface area contributed by atoms with E-state index in [0.29, 0.717) is 0 Å². The quantitative estimate of drug-likeness (QED) is 0.257. The highest BCUT2D eigenvalue weighted by atomic mass is 127. The number of rotatable bonds is 7. The Labute approximate surface area is 204 Å². The van der Waals surface area contributed by atoms with Crippen LogP contribution in [0.1, 0.15) is 0 Å². The van der Waals surface area contributed by atoms with Gasteiger partial charge in [-0.3, -0.25) is 0 Å². The van der Waals surface area contributed by atoms with E-state index in [2.05, 4.69) is 60.7 Å². The Balaban J connectivity index is 0.000000414. The molecule has 0 atom stereocenters.